The van der Waals surface area contributed by atoms with Crippen LogP contribution in [-0.2, 0) is 4.79 Å². The summed E-state index contributed by atoms with van der Waals surface area (Å²) in [5.74, 6) is 0.661. The van der Waals surface area contributed by atoms with Crippen LogP contribution in [0.25, 0.3) is 22.4 Å². The number of aromatic amines is 1. The van der Waals surface area contributed by atoms with Crippen LogP contribution in [0.1, 0.15) is 12.5 Å². The zero-order chi connectivity index (χ0) is 24.4. The summed E-state index contributed by atoms with van der Waals surface area (Å²) in [6, 6.07) is 16.1. The summed E-state index contributed by atoms with van der Waals surface area (Å²) in [4.78, 5) is 20.4. The van der Waals surface area contributed by atoms with Crippen molar-refractivity contribution >= 4 is 74.8 Å². The number of nitrogens with one attached hydrogen (secondary N) is 3. The molecule has 0 spiro atoms. The number of rotatable bonds is 5. The van der Waals surface area contributed by atoms with E-state index in [2.05, 4.69) is 20.6 Å². The molecule has 0 aliphatic rings. The van der Waals surface area contributed by atoms with Crippen LogP contribution in [0.2, 0.25) is 15.1 Å². The van der Waals surface area contributed by atoms with Crippen LogP contribution in [0.3, 0.4) is 0 Å². The minimum Gasteiger partial charge on any atom is -0.479 e. The Bertz CT molecular complexity index is 1350. The number of aryl methyl sites for hydroxylation is 1. The lowest BCUT2D eigenvalue weighted by molar-refractivity contribution is -0.125. The van der Waals surface area contributed by atoms with Crippen molar-refractivity contribution in [2.24, 2.45) is 0 Å². The smallest absolute Gasteiger partial charge is 0.266 e. The second kappa shape index (κ2) is 10.2. The van der Waals surface area contributed by atoms with Gasteiger partial charge in [0.05, 0.1) is 16.1 Å². The summed E-state index contributed by atoms with van der Waals surface area (Å²) in [5.41, 5.74) is 4.30. The number of aromatic nitrogens is 2. The number of anilines is 1. The number of fused-ring (bicyclic) bond motifs is 1. The Labute approximate surface area is 216 Å². The highest BCUT2D eigenvalue weighted by Crippen LogP contribution is 2.28. The number of H-pyrrole nitrogens is 1. The minimum atomic E-state index is -0.828. The van der Waals surface area contributed by atoms with Gasteiger partial charge in [-0.05, 0) is 86.2 Å². The van der Waals surface area contributed by atoms with Gasteiger partial charge in [-0.15, -0.1) is 0 Å². The summed E-state index contributed by atoms with van der Waals surface area (Å²) in [6.45, 7) is 3.55. The van der Waals surface area contributed by atoms with Crippen molar-refractivity contribution in [3.05, 3.63) is 75.2 Å². The molecular formula is C24H19Cl3N4O2S. The van der Waals surface area contributed by atoms with E-state index < -0.39 is 12.0 Å². The molecule has 3 aromatic carbocycles. The number of nitrogens with zero attached hydrogens (tertiary/aromatic N) is 1. The fourth-order valence-corrected chi connectivity index (χ4v) is 4.01. The van der Waals surface area contributed by atoms with Crippen molar-refractivity contribution in [1.29, 1.82) is 0 Å². The number of imidazole rings is 1. The predicted molar refractivity (Wildman–Crippen MR) is 142 cm³/mol. The third-order valence-electron chi connectivity index (χ3n) is 4.98. The molecule has 4 aromatic rings. The highest BCUT2D eigenvalue weighted by atomic mass is 35.5. The summed E-state index contributed by atoms with van der Waals surface area (Å²) >= 11 is 23.4. The maximum absolute atomic E-state index is 12.4. The summed E-state index contributed by atoms with van der Waals surface area (Å²) in [7, 11) is 0. The highest BCUT2D eigenvalue weighted by Gasteiger charge is 2.17. The van der Waals surface area contributed by atoms with Crippen molar-refractivity contribution < 1.29 is 9.53 Å². The van der Waals surface area contributed by atoms with Gasteiger partial charge in [-0.3, -0.25) is 10.1 Å². The molecule has 6 nitrogen and oxygen atoms in total. The molecule has 1 amide bonds. The van der Waals surface area contributed by atoms with Crippen LogP contribution in [0.15, 0.2) is 54.6 Å². The van der Waals surface area contributed by atoms with E-state index in [-0.39, 0.29) is 5.11 Å². The maximum Gasteiger partial charge on any atom is 0.266 e. The highest BCUT2D eigenvalue weighted by molar-refractivity contribution is 7.80. The lowest BCUT2D eigenvalue weighted by Gasteiger charge is -2.16. The lowest BCUT2D eigenvalue weighted by Crippen LogP contribution is -2.42. The van der Waals surface area contributed by atoms with Crippen molar-refractivity contribution in [2.45, 2.75) is 20.0 Å². The van der Waals surface area contributed by atoms with E-state index >= 15 is 0 Å². The van der Waals surface area contributed by atoms with Crippen LogP contribution in [0.4, 0.5) is 5.69 Å². The van der Waals surface area contributed by atoms with E-state index in [1.807, 2.05) is 43.3 Å². The zero-order valence-corrected chi connectivity index (χ0v) is 21.2. The van der Waals surface area contributed by atoms with E-state index in [0.717, 1.165) is 28.0 Å². The molecule has 1 aromatic heterocycles. The largest absolute Gasteiger partial charge is 0.479 e. The van der Waals surface area contributed by atoms with Crippen LogP contribution in [-0.4, -0.2) is 27.1 Å². The first kappa shape index (κ1) is 24.3. The van der Waals surface area contributed by atoms with Gasteiger partial charge in [-0.2, -0.15) is 0 Å². The quantitative estimate of drug-likeness (QED) is 0.246. The van der Waals surface area contributed by atoms with Gasteiger partial charge >= 0.3 is 0 Å². The zero-order valence-electron chi connectivity index (χ0n) is 18.1. The van der Waals surface area contributed by atoms with Crippen LogP contribution in [0.5, 0.6) is 5.75 Å². The van der Waals surface area contributed by atoms with Crippen molar-refractivity contribution in [3.8, 4) is 17.1 Å². The van der Waals surface area contributed by atoms with Crippen LogP contribution >= 0.6 is 47.0 Å². The first-order valence-electron chi connectivity index (χ1n) is 10.2. The molecule has 0 aliphatic carbocycles. The number of hydrogen-bond donors (Lipinski definition) is 3. The SMILES string of the molecule is Cc1cc2[nH]c(-c3ccc(NC(=S)NC(=O)C(C)Oc4ccc(Cl)cc4Cl)cc3)nc2cc1Cl. The number of hydrogen-bond acceptors (Lipinski definition) is 4. The molecule has 174 valence electrons. The Hall–Kier alpha value is -2.84. The van der Waals surface area contributed by atoms with Gasteiger partial charge in [-0.1, -0.05) is 34.8 Å². The van der Waals surface area contributed by atoms with E-state index in [4.69, 9.17) is 51.8 Å². The first-order chi connectivity index (χ1) is 16.2. The molecule has 0 bridgehead atoms. The molecule has 1 atom stereocenters. The Morgan fingerprint density at radius 2 is 1.79 bits per heavy atom. The molecule has 1 heterocycles. The molecular weight excluding hydrogens is 515 g/mol. The van der Waals surface area contributed by atoms with Gasteiger partial charge in [0.2, 0.25) is 0 Å². The second-order valence-corrected chi connectivity index (χ2v) is 9.22. The number of halogens is 3. The van der Waals surface area contributed by atoms with E-state index in [1.54, 1.807) is 25.1 Å². The Morgan fingerprint density at radius 3 is 2.50 bits per heavy atom. The van der Waals surface area contributed by atoms with Crippen LogP contribution < -0.4 is 15.4 Å². The predicted octanol–water partition coefficient (Wildman–Crippen LogP) is 6.78. The summed E-state index contributed by atoms with van der Waals surface area (Å²) in [5, 5.41) is 7.21. The van der Waals surface area contributed by atoms with Crippen molar-refractivity contribution in [1.82, 2.24) is 15.3 Å². The van der Waals surface area contributed by atoms with E-state index in [0.29, 0.717) is 26.5 Å². The van der Waals surface area contributed by atoms with Gasteiger partial charge in [0.1, 0.15) is 11.6 Å². The minimum absolute atomic E-state index is 0.143. The molecule has 0 fully saturated rings. The normalized spacial score (nSPS) is 11.8. The molecule has 34 heavy (non-hydrogen) atoms. The molecule has 0 aliphatic heterocycles. The average molecular weight is 534 g/mol. The fourth-order valence-electron chi connectivity index (χ4n) is 3.18. The second-order valence-electron chi connectivity index (χ2n) is 7.56. The Kier molecular flexibility index (Phi) is 7.28. The third-order valence-corrected chi connectivity index (χ3v) is 6.12. The summed E-state index contributed by atoms with van der Waals surface area (Å²) < 4.78 is 5.61. The Balaban J connectivity index is 1.36. The van der Waals surface area contributed by atoms with Crippen molar-refractivity contribution in [2.75, 3.05) is 5.32 Å². The Morgan fingerprint density at radius 1 is 1.06 bits per heavy atom. The van der Waals surface area contributed by atoms with Gasteiger partial charge in [0, 0.05) is 21.3 Å². The monoisotopic (exact) mass is 532 g/mol. The molecule has 3 N–H and O–H groups in total. The maximum atomic E-state index is 12.4. The van der Waals surface area contributed by atoms with Crippen LogP contribution in [0, 0.1) is 6.92 Å². The number of carbonyl (C=O) groups excluding carboxylic acids is 1. The molecule has 0 saturated heterocycles. The molecule has 0 radical (unpaired) electrons. The number of carbonyl (C=O) groups is 1. The number of amides is 1. The van der Waals surface area contributed by atoms with E-state index in [1.165, 1.54) is 0 Å². The molecule has 0 saturated carbocycles. The average Bonchev–Trinajstić information content (AvgIpc) is 3.19. The number of thiocarbonyl (C=S) groups is 1. The van der Waals surface area contributed by atoms with E-state index in [9.17, 15) is 4.79 Å². The fraction of sp³-hybridized carbons (Fsp3) is 0.125. The van der Waals surface area contributed by atoms with Crippen molar-refractivity contribution in [3.63, 3.8) is 0 Å². The topological polar surface area (TPSA) is 79.0 Å². The first-order valence-corrected chi connectivity index (χ1v) is 11.7. The molecule has 4 rings (SSSR count). The van der Waals surface area contributed by atoms with Gasteiger partial charge in [0.15, 0.2) is 11.2 Å². The lowest BCUT2D eigenvalue weighted by atomic mass is 10.2. The number of benzene rings is 3. The van der Waals surface area contributed by atoms with Gasteiger partial charge in [0.25, 0.3) is 5.91 Å². The molecule has 10 heteroatoms. The number of ether oxygens (including phenoxy) is 1. The van der Waals surface area contributed by atoms with Gasteiger partial charge in [-0.25, -0.2) is 4.98 Å². The molecule has 1 unspecified atom stereocenters. The van der Waals surface area contributed by atoms with Gasteiger partial charge < -0.3 is 15.0 Å². The standard InChI is InChI=1S/C24H19Cl3N4O2S/c1-12-9-19-20(11-17(12)26)30-22(29-19)14-3-6-16(7-4-14)28-24(34)31-23(32)13(2)33-21-8-5-15(25)10-18(21)27/h3-11,13H,1-2H3,(H,29,30)(H2,28,31,32,34). The summed E-state index contributed by atoms with van der Waals surface area (Å²) in [6.07, 6.45) is -0.828. The third kappa shape index (κ3) is 5.62.